The van der Waals surface area contributed by atoms with Gasteiger partial charge in [0.05, 0.1) is 5.69 Å². The molecule has 0 unspecified atom stereocenters. The third kappa shape index (κ3) is 5.24. The Morgan fingerprint density at radius 2 is 1.48 bits per heavy atom. The zero-order valence-corrected chi connectivity index (χ0v) is 18.5. The molecule has 0 fully saturated rings. The highest BCUT2D eigenvalue weighted by Crippen LogP contribution is 2.28. The Bertz CT molecular complexity index is 1240. The quantitative estimate of drug-likeness (QED) is 0.150. The number of aromatic nitrogens is 1. The van der Waals surface area contributed by atoms with Crippen molar-refractivity contribution in [2.24, 2.45) is 0 Å². The van der Waals surface area contributed by atoms with Crippen LogP contribution in [-0.4, -0.2) is 4.98 Å². The molecule has 4 aromatic rings. The first kappa shape index (κ1) is 23.0. The van der Waals surface area contributed by atoms with Crippen LogP contribution < -0.4 is 0 Å². The standard InChI is InChI=1S/C28H25F4N/c1-2-3-4-5-18-7-13-26(33-17-18)22-11-12-23-21(16-22)10-9-20(27(23)31)8-6-19-14-24(29)28(32)25(30)15-19/h7,9-17H,2-6,8H2,1H3. The normalized spacial score (nSPS) is 11.3. The van der Waals surface area contributed by atoms with Crippen LogP contribution in [0.5, 0.6) is 0 Å². The molecule has 1 nitrogen and oxygen atoms in total. The third-order valence-corrected chi connectivity index (χ3v) is 5.95. The third-order valence-electron chi connectivity index (χ3n) is 5.95. The number of unbranched alkanes of at least 4 members (excludes halogenated alkanes) is 2. The van der Waals surface area contributed by atoms with E-state index in [0.717, 1.165) is 41.6 Å². The van der Waals surface area contributed by atoms with Gasteiger partial charge in [-0.25, -0.2) is 17.6 Å². The molecule has 33 heavy (non-hydrogen) atoms. The molecule has 5 heteroatoms. The topological polar surface area (TPSA) is 12.9 Å². The van der Waals surface area contributed by atoms with Crippen molar-refractivity contribution in [1.29, 1.82) is 0 Å². The Morgan fingerprint density at radius 1 is 0.697 bits per heavy atom. The molecular formula is C28H25F4N. The van der Waals surface area contributed by atoms with E-state index in [4.69, 9.17) is 0 Å². The highest BCUT2D eigenvalue weighted by molar-refractivity contribution is 5.88. The molecule has 0 aliphatic rings. The monoisotopic (exact) mass is 451 g/mol. The number of hydrogen-bond acceptors (Lipinski definition) is 1. The number of hydrogen-bond donors (Lipinski definition) is 0. The fourth-order valence-electron chi connectivity index (χ4n) is 4.04. The summed E-state index contributed by atoms with van der Waals surface area (Å²) in [6, 6.07) is 15.0. The largest absolute Gasteiger partial charge is 0.256 e. The molecule has 0 bridgehead atoms. The Kier molecular flexibility index (Phi) is 7.07. The van der Waals surface area contributed by atoms with Gasteiger partial charge in [-0.15, -0.1) is 0 Å². The minimum Gasteiger partial charge on any atom is -0.256 e. The maximum atomic E-state index is 15.1. The molecule has 3 aromatic carbocycles. The number of nitrogens with zero attached hydrogens (tertiary/aromatic N) is 1. The number of halogens is 4. The summed E-state index contributed by atoms with van der Waals surface area (Å²) in [6.07, 6.45) is 6.91. The van der Waals surface area contributed by atoms with Crippen LogP contribution >= 0.6 is 0 Å². The summed E-state index contributed by atoms with van der Waals surface area (Å²) in [5, 5.41) is 1.23. The van der Waals surface area contributed by atoms with Gasteiger partial charge >= 0.3 is 0 Å². The SMILES string of the molecule is CCCCCc1ccc(-c2ccc3c(F)c(CCc4cc(F)c(F)c(F)c4)ccc3c2)nc1. The van der Waals surface area contributed by atoms with Crippen molar-refractivity contribution in [2.45, 2.75) is 45.4 Å². The van der Waals surface area contributed by atoms with Gasteiger partial charge in [-0.1, -0.05) is 50.1 Å². The highest BCUT2D eigenvalue weighted by atomic mass is 19.2. The zero-order chi connectivity index (χ0) is 23.4. The molecule has 0 amide bonds. The minimum atomic E-state index is -1.49. The molecule has 4 rings (SSSR count). The average Bonchev–Trinajstić information content (AvgIpc) is 2.82. The lowest BCUT2D eigenvalue weighted by Crippen LogP contribution is -1.99. The molecule has 0 spiro atoms. The number of fused-ring (bicyclic) bond motifs is 1. The molecular weight excluding hydrogens is 426 g/mol. The lowest BCUT2D eigenvalue weighted by atomic mass is 9.98. The van der Waals surface area contributed by atoms with Crippen LogP contribution in [0.25, 0.3) is 22.0 Å². The van der Waals surface area contributed by atoms with Crippen LogP contribution in [0.4, 0.5) is 17.6 Å². The fraction of sp³-hybridized carbons (Fsp3) is 0.250. The summed E-state index contributed by atoms with van der Waals surface area (Å²) >= 11 is 0. The smallest absolute Gasteiger partial charge is 0.194 e. The Balaban J connectivity index is 1.51. The van der Waals surface area contributed by atoms with Crippen molar-refractivity contribution in [3.8, 4) is 11.3 Å². The maximum Gasteiger partial charge on any atom is 0.194 e. The zero-order valence-electron chi connectivity index (χ0n) is 18.5. The van der Waals surface area contributed by atoms with E-state index >= 15 is 4.39 Å². The molecule has 0 aliphatic carbocycles. The van der Waals surface area contributed by atoms with E-state index in [0.29, 0.717) is 10.9 Å². The molecule has 0 aliphatic heterocycles. The summed E-state index contributed by atoms with van der Waals surface area (Å²) in [7, 11) is 0. The van der Waals surface area contributed by atoms with E-state index in [9.17, 15) is 13.2 Å². The molecule has 0 radical (unpaired) electrons. The van der Waals surface area contributed by atoms with Gasteiger partial charge in [-0.3, -0.25) is 4.98 Å². The van der Waals surface area contributed by atoms with Gasteiger partial charge in [-0.2, -0.15) is 0 Å². The molecule has 0 saturated carbocycles. The second kappa shape index (κ2) is 10.2. The molecule has 170 valence electrons. The minimum absolute atomic E-state index is 0.198. The van der Waals surface area contributed by atoms with Crippen LogP contribution in [0.2, 0.25) is 0 Å². The van der Waals surface area contributed by atoms with E-state index in [1.54, 1.807) is 12.1 Å². The maximum absolute atomic E-state index is 15.1. The van der Waals surface area contributed by atoms with Gasteiger partial charge in [-0.05, 0) is 72.0 Å². The van der Waals surface area contributed by atoms with Crippen molar-refractivity contribution in [3.63, 3.8) is 0 Å². The Labute approximate surface area is 191 Å². The van der Waals surface area contributed by atoms with Gasteiger partial charge < -0.3 is 0 Å². The highest BCUT2D eigenvalue weighted by Gasteiger charge is 2.13. The van der Waals surface area contributed by atoms with Crippen LogP contribution in [0.3, 0.4) is 0 Å². The summed E-state index contributed by atoms with van der Waals surface area (Å²) < 4.78 is 55.1. The molecule has 1 heterocycles. The predicted octanol–water partition coefficient (Wildman–Crippen LogP) is 7.98. The summed E-state index contributed by atoms with van der Waals surface area (Å²) in [5.74, 6) is -4.33. The Hall–Kier alpha value is -3.21. The van der Waals surface area contributed by atoms with Crippen LogP contribution in [-0.2, 0) is 19.3 Å². The first-order chi connectivity index (χ1) is 16.0. The number of benzene rings is 3. The van der Waals surface area contributed by atoms with Crippen molar-refractivity contribution >= 4 is 10.8 Å². The van der Waals surface area contributed by atoms with Crippen molar-refractivity contribution in [1.82, 2.24) is 4.98 Å². The second-order valence-electron chi connectivity index (χ2n) is 8.36. The molecule has 0 atom stereocenters. The van der Waals surface area contributed by atoms with E-state index in [1.165, 1.54) is 18.4 Å². The van der Waals surface area contributed by atoms with E-state index in [-0.39, 0.29) is 24.2 Å². The van der Waals surface area contributed by atoms with Crippen LogP contribution in [0.1, 0.15) is 42.9 Å². The van der Waals surface area contributed by atoms with Crippen molar-refractivity contribution in [3.05, 3.63) is 101 Å². The van der Waals surface area contributed by atoms with Crippen molar-refractivity contribution < 1.29 is 17.6 Å². The lowest BCUT2D eigenvalue weighted by molar-refractivity contribution is 0.445. The molecule has 0 saturated heterocycles. The van der Waals surface area contributed by atoms with Gasteiger partial charge in [0.2, 0.25) is 0 Å². The van der Waals surface area contributed by atoms with Crippen LogP contribution in [0.15, 0.2) is 60.8 Å². The van der Waals surface area contributed by atoms with Crippen molar-refractivity contribution in [2.75, 3.05) is 0 Å². The number of pyridine rings is 1. The lowest BCUT2D eigenvalue weighted by Gasteiger charge is -2.10. The fourth-order valence-corrected chi connectivity index (χ4v) is 4.04. The predicted molar refractivity (Wildman–Crippen MR) is 124 cm³/mol. The summed E-state index contributed by atoms with van der Waals surface area (Å²) in [6.45, 7) is 2.18. The second-order valence-corrected chi connectivity index (χ2v) is 8.36. The molecule has 1 aromatic heterocycles. The summed E-state index contributed by atoms with van der Waals surface area (Å²) in [5.41, 5.74) is 3.68. The first-order valence-electron chi connectivity index (χ1n) is 11.3. The first-order valence-corrected chi connectivity index (χ1v) is 11.3. The number of aryl methyl sites for hydroxylation is 3. The number of rotatable bonds is 8. The van der Waals surface area contributed by atoms with E-state index in [1.807, 2.05) is 30.5 Å². The van der Waals surface area contributed by atoms with Gasteiger partial charge in [0.15, 0.2) is 17.5 Å². The van der Waals surface area contributed by atoms with E-state index in [2.05, 4.69) is 18.0 Å². The van der Waals surface area contributed by atoms with Gasteiger partial charge in [0, 0.05) is 17.1 Å². The Morgan fingerprint density at radius 3 is 2.18 bits per heavy atom. The summed E-state index contributed by atoms with van der Waals surface area (Å²) in [4.78, 5) is 4.58. The van der Waals surface area contributed by atoms with Crippen LogP contribution in [0, 0.1) is 23.3 Å². The van der Waals surface area contributed by atoms with Gasteiger partial charge in [0.25, 0.3) is 0 Å². The average molecular weight is 452 g/mol. The van der Waals surface area contributed by atoms with E-state index < -0.39 is 17.5 Å². The van der Waals surface area contributed by atoms with Gasteiger partial charge in [0.1, 0.15) is 5.82 Å². The molecule has 0 N–H and O–H groups in total.